The highest BCUT2D eigenvalue weighted by molar-refractivity contribution is 6.31. The third-order valence-electron chi connectivity index (χ3n) is 4.20. The van der Waals surface area contributed by atoms with E-state index in [0.717, 1.165) is 22.6 Å². The highest BCUT2D eigenvalue weighted by atomic mass is 35.5. The first kappa shape index (κ1) is 17.3. The molecule has 136 valence electrons. The molecule has 3 N–H and O–H groups in total. The highest BCUT2D eigenvalue weighted by Crippen LogP contribution is 2.33. The predicted molar refractivity (Wildman–Crippen MR) is 105 cm³/mol. The topological polar surface area (TPSA) is 77.0 Å². The number of fused-ring (bicyclic) bond motifs is 1. The van der Waals surface area contributed by atoms with Crippen LogP contribution in [0.5, 0.6) is 0 Å². The predicted octanol–water partition coefficient (Wildman–Crippen LogP) is 5.19. The fourth-order valence-corrected chi connectivity index (χ4v) is 3.12. The third kappa shape index (κ3) is 3.44. The van der Waals surface area contributed by atoms with Gasteiger partial charge < -0.3 is 15.5 Å². The van der Waals surface area contributed by atoms with Crippen LogP contribution in [0.1, 0.15) is 11.5 Å². The highest BCUT2D eigenvalue weighted by Gasteiger charge is 2.12. The van der Waals surface area contributed by atoms with Crippen LogP contribution in [0.25, 0.3) is 22.0 Å². The van der Waals surface area contributed by atoms with E-state index in [2.05, 4.69) is 15.3 Å². The summed E-state index contributed by atoms with van der Waals surface area (Å²) < 4.78 is 19.0. The lowest BCUT2D eigenvalue weighted by molar-refractivity contribution is 0.490. The van der Waals surface area contributed by atoms with Crippen molar-refractivity contribution in [3.8, 4) is 11.1 Å². The lowest BCUT2D eigenvalue weighted by Crippen LogP contribution is -2.06. The van der Waals surface area contributed by atoms with Crippen molar-refractivity contribution in [1.29, 1.82) is 0 Å². The van der Waals surface area contributed by atoms with E-state index in [-0.39, 0.29) is 5.02 Å². The molecule has 0 bridgehead atoms. The normalized spacial score (nSPS) is 11.1. The van der Waals surface area contributed by atoms with Crippen LogP contribution in [-0.4, -0.2) is 9.97 Å². The zero-order valence-corrected chi connectivity index (χ0v) is 15.2. The fourth-order valence-electron chi connectivity index (χ4n) is 2.94. The van der Waals surface area contributed by atoms with Crippen LogP contribution >= 0.6 is 11.6 Å². The molecule has 2 aromatic carbocycles. The van der Waals surface area contributed by atoms with Gasteiger partial charge in [0.15, 0.2) is 0 Å². The standard InChI is InChI=1S/C20H16ClFN4O/c1-11-5-7-13(27-11)10-24-20-25-17-4-2-3-14(18(17)19(23)26-20)12-6-8-16(22)15(21)9-12/h2-9H,10H2,1H3,(H3,23,24,25,26). The number of halogens is 2. The average molecular weight is 383 g/mol. The number of anilines is 2. The quantitative estimate of drug-likeness (QED) is 0.508. The van der Waals surface area contributed by atoms with Gasteiger partial charge in [0.1, 0.15) is 23.2 Å². The average Bonchev–Trinajstić information content (AvgIpc) is 3.07. The maximum Gasteiger partial charge on any atom is 0.225 e. The second-order valence-electron chi connectivity index (χ2n) is 6.13. The summed E-state index contributed by atoms with van der Waals surface area (Å²) in [5.74, 6) is 1.89. The summed E-state index contributed by atoms with van der Waals surface area (Å²) in [5, 5.41) is 3.86. The largest absolute Gasteiger partial charge is 0.465 e. The Morgan fingerprint density at radius 1 is 1.15 bits per heavy atom. The van der Waals surface area contributed by atoms with E-state index in [1.807, 2.05) is 37.3 Å². The minimum Gasteiger partial charge on any atom is -0.465 e. The number of furan rings is 1. The Kier molecular flexibility index (Phi) is 4.41. The lowest BCUT2D eigenvalue weighted by atomic mass is 10.0. The van der Waals surface area contributed by atoms with Crippen LogP contribution in [0, 0.1) is 12.7 Å². The molecule has 4 aromatic rings. The molecule has 0 amide bonds. The van der Waals surface area contributed by atoms with Gasteiger partial charge in [-0.3, -0.25) is 0 Å². The summed E-state index contributed by atoms with van der Waals surface area (Å²) in [6.07, 6.45) is 0. The lowest BCUT2D eigenvalue weighted by Gasteiger charge is -2.11. The number of nitrogen functional groups attached to an aromatic ring is 1. The molecule has 0 saturated carbocycles. The van der Waals surface area contributed by atoms with Crippen LogP contribution in [0.4, 0.5) is 16.2 Å². The van der Waals surface area contributed by atoms with E-state index < -0.39 is 5.82 Å². The van der Waals surface area contributed by atoms with Gasteiger partial charge in [0.2, 0.25) is 5.95 Å². The first-order valence-corrected chi connectivity index (χ1v) is 8.70. The van der Waals surface area contributed by atoms with E-state index >= 15 is 0 Å². The summed E-state index contributed by atoms with van der Waals surface area (Å²) in [6.45, 7) is 2.34. The van der Waals surface area contributed by atoms with Gasteiger partial charge in [0, 0.05) is 0 Å². The van der Waals surface area contributed by atoms with Crippen LogP contribution < -0.4 is 11.1 Å². The second kappa shape index (κ2) is 6.89. The summed E-state index contributed by atoms with van der Waals surface area (Å²) in [4.78, 5) is 8.89. The smallest absolute Gasteiger partial charge is 0.225 e. The van der Waals surface area contributed by atoms with Gasteiger partial charge in [-0.15, -0.1) is 0 Å². The Bertz CT molecular complexity index is 1140. The molecule has 0 aliphatic rings. The minimum absolute atomic E-state index is 0.0519. The molecular formula is C20H16ClFN4O. The van der Waals surface area contributed by atoms with E-state index in [4.69, 9.17) is 21.8 Å². The van der Waals surface area contributed by atoms with Gasteiger partial charge in [-0.1, -0.05) is 29.8 Å². The van der Waals surface area contributed by atoms with Gasteiger partial charge >= 0.3 is 0 Å². The van der Waals surface area contributed by atoms with Crippen LogP contribution in [-0.2, 0) is 6.54 Å². The zero-order valence-electron chi connectivity index (χ0n) is 14.5. The molecule has 0 aliphatic carbocycles. The van der Waals surface area contributed by atoms with Gasteiger partial charge in [-0.25, -0.2) is 9.37 Å². The first-order valence-electron chi connectivity index (χ1n) is 8.32. The number of benzene rings is 2. The van der Waals surface area contributed by atoms with E-state index in [1.54, 1.807) is 12.1 Å². The van der Waals surface area contributed by atoms with Crippen LogP contribution in [0.3, 0.4) is 0 Å². The number of hydrogen-bond donors (Lipinski definition) is 2. The molecule has 0 spiro atoms. The SMILES string of the molecule is Cc1ccc(CNc2nc(N)c3c(-c4ccc(F)c(Cl)c4)cccc3n2)o1. The van der Waals surface area contributed by atoms with E-state index in [0.29, 0.717) is 29.2 Å². The molecule has 7 heteroatoms. The number of nitrogens with zero attached hydrogens (tertiary/aromatic N) is 2. The van der Waals surface area contributed by atoms with Gasteiger partial charge in [0.25, 0.3) is 0 Å². The molecule has 0 fully saturated rings. The molecule has 0 unspecified atom stereocenters. The summed E-state index contributed by atoms with van der Waals surface area (Å²) in [5.41, 5.74) is 8.43. The van der Waals surface area contributed by atoms with Crippen molar-refractivity contribution in [2.75, 3.05) is 11.1 Å². The summed E-state index contributed by atoms with van der Waals surface area (Å²) in [7, 11) is 0. The molecular weight excluding hydrogens is 367 g/mol. The fraction of sp³-hybridized carbons (Fsp3) is 0.100. The monoisotopic (exact) mass is 382 g/mol. The molecule has 0 atom stereocenters. The molecule has 27 heavy (non-hydrogen) atoms. The molecule has 4 rings (SSSR count). The van der Waals surface area contributed by atoms with Crippen molar-refractivity contribution in [3.05, 3.63) is 70.9 Å². The van der Waals surface area contributed by atoms with Crippen molar-refractivity contribution >= 4 is 34.3 Å². The molecule has 5 nitrogen and oxygen atoms in total. The maximum absolute atomic E-state index is 13.5. The van der Waals surface area contributed by atoms with Crippen LogP contribution in [0.2, 0.25) is 5.02 Å². The Hall–Kier alpha value is -3.12. The number of rotatable bonds is 4. The van der Waals surface area contributed by atoms with E-state index in [9.17, 15) is 4.39 Å². The Morgan fingerprint density at radius 2 is 2.00 bits per heavy atom. The van der Waals surface area contributed by atoms with E-state index in [1.165, 1.54) is 6.07 Å². The Labute approximate surface area is 160 Å². The van der Waals surface area contributed by atoms with Gasteiger partial charge in [-0.05, 0) is 48.4 Å². The molecule has 0 saturated heterocycles. The van der Waals surface area contributed by atoms with Gasteiger partial charge in [-0.2, -0.15) is 4.98 Å². The van der Waals surface area contributed by atoms with Crippen molar-refractivity contribution in [2.45, 2.75) is 13.5 Å². The third-order valence-corrected chi connectivity index (χ3v) is 4.49. The number of aromatic nitrogens is 2. The molecule has 2 aromatic heterocycles. The van der Waals surface area contributed by atoms with Crippen molar-refractivity contribution in [3.63, 3.8) is 0 Å². The molecule has 0 radical (unpaired) electrons. The Balaban J connectivity index is 1.72. The Morgan fingerprint density at radius 3 is 2.74 bits per heavy atom. The second-order valence-corrected chi connectivity index (χ2v) is 6.53. The van der Waals surface area contributed by atoms with Crippen molar-refractivity contribution in [1.82, 2.24) is 9.97 Å². The number of nitrogens with two attached hydrogens (primary N) is 1. The maximum atomic E-state index is 13.5. The summed E-state index contributed by atoms with van der Waals surface area (Å²) in [6, 6.07) is 13.9. The number of aryl methyl sites for hydroxylation is 1. The number of hydrogen-bond acceptors (Lipinski definition) is 5. The molecule has 0 aliphatic heterocycles. The van der Waals surface area contributed by atoms with Crippen LogP contribution in [0.15, 0.2) is 52.9 Å². The zero-order chi connectivity index (χ0) is 19.0. The van der Waals surface area contributed by atoms with Gasteiger partial charge in [0.05, 0.1) is 22.5 Å². The van der Waals surface area contributed by atoms with Crippen molar-refractivity contribution < 1.29 is 8.81 Å². The molecule has 2 heterocycles. The first-order chi connectivity index (χ1) is 13.0. The summed E-state index contributed by atoms with van der Waals surface area (Å²) >= 11 is 5.92. The van der Waals surface area contributed by atoms with Crippen molar-refractivity contribution in [2.24, 2.45) is 0 Å². The minimum atomic E-state index is -0.468. The number of nitrogens with one attached hydrogen (secondary N) is 1.